The van der Waals surface area contributed by atoms with Crippen molar-refractivity contribution < 1.29 is 4.74 Å². The summed E-state index contributed by atoms with van der Waals surface area (Å²) in [5.41, 5.74) is 0.199. The lowest BCUT2D eigenvalue weighted by molar-refractivity contribution is -0.106. The second-order valence-electron chi connectivity index (χ2n) is 4.91. The van der Waals surface area contributed by atoms with Crippen LogP contribution in [0.5, 0.6) is 0 Å². The quantitative estimate of drug-likeness (QED) is 0.618. The normalized spacial score (nSPS) is 46.6. The first-order valence-electron chi connectivity index (χ1n) is 5.57. The zero-order valence-electron chi connectivity index (χ0n) is 8.81. The lowest BCUT2D eigenvalue weighted by Gasteiger charge is -2.45. The minimum absolute atomic E-state index is 0.199. The maximum Gasteiger partial charge on any atom is 0.0809 e. The minimum atomic E-state index is 0.199. The van der Waals surface area contributed by atoms with Crippen molar-refractivity contribution >= 4 is 0 Å². The summed E-state index contributed by atoms with van der Waals surface area (Å²) in [7, 11) is 0. The van der Waals surface area contributed by atoms with E-state index in [1.54, 1.807) is 0 Å². The van der Waals surface area contributed by atoms with Crippen molar-refractivity contribution in [2.75, 3.05) is 19.7 Å². The van der Waals surface area contributed by atoms with Gasteiger partial charge in [-0.3, -0.25) is 0 Å². The lowest BCUT2D eigenvalue weighted by atomic mass is 9.72. The van der Waals surface area contributed by atoms with E-state index in [1.807, 2.05) is 0 Å². The first kappa shape index (κ1) is 9.47. The molecule has 2 heteroatoms. The fraction of sp³-hybridized carbons (Fsp3) is 1.00. The van der Waals surface area contributed by atoms with Crippen LogP contribution in [-0.2, 0) is 4.74 Å². The number of morpholine rings is 1. The first-order valence-corrected chi connectivity index (χ1v) is 5.57. The summed E-state index contributed by atoms with van der Waals surface area (Å²) in [6.07, 6.45) is 3.84. The molecule has 1 N–H and O–H groups in total. The molecule has 1 aliphatic carbocycles. The van der Waals surface area contributed by atoms with Crippen LogP contribution in [0, 0.1) is 11.8 Å². The van der Waals surface area contributed by atoms with Gasteiger partial charge in [-0.25, -0.2) is 0 Å². The van der Waals surface area contributed by atoms with E-state index in [-0.39, 0.29) is 5.60 Å². The van der Waals surface area contributed by atoms with Crippen LogP contribution in [0.4, 0.5) is 0 Å². The average Bonchev–Trinajstić information content (AvgIpc) is 2.14. The van der Waals surface area contributed by atoms with Crippen molar-refractivity contribution in [1.29, 1.82) is 0 Å². The van der Waals surface area contributed by atoms with Crippen molar-refractivity contribution in [2.45, 2.75) is 38.7 Å². The standard InChI is InChI=1S/C11H21NO/c1-9-3-4-11(7-10(9)2)8-12-5-6-13-11/h9-10,12H,3-8H2,1-2H3. The van der Waals surface area contributed by atoms with Crippen LogP contribution in [0.2, 0.25) is 0 Å². The summed E-state index contributed by atoms with van der Waals surface area (Å²) in [6, 6.07) is 0. The molecule has 76 valence electrons. The van der Waals surface area contributed by atoms with Gasteiger partial charge in [0.05, 0.1) is 12.2 Å². The van der Waals surface area contributed by atoms with E-state index >= 15 is 0 Å². The highest BCUT2D eigenvalue weighted by atomic mass is 16.5. The largest absolute Gasteiger partial charge is 0.372 e. The number of ether oxygens (including phenoxy) is 1. The van der Waals surface area contributed by atoms with Gasteiger partial charge in [0.2, 0.25) is 0 Å². The van der Waals surface area contributed by atoms with E-state index in [1.165, 1.54) is 19.3 Å². The van der Waals surface area contributed by atoms with Gasteiger partial charge in [-0.05, 0) is 31.1 Å². The SMILES string of the molecule is CC1CCC2(CNCCO2)CC1C. The van der Waals surface area contributed by atoms with Gasteiger partial charge in [-0.15, -0.1) is 0 Å². The average molecular weight is 183 g/mol. The third kappa shape index (κ3) is 1.89. The van der Waals surface area contributed by atoms with E-state index in [4.69, 9.17) is 4.74 Å². The summed E-state index contributed by atoms with van der Waals surface area (Å²) in [6.45, 7) is 7.74. The van der Waals surface area contributed by atoms with Crippen LogP contribution in [0.25, 0.3) is 0 Å². The van der Waals surface area contributed by atoms with Crippen LogP contribution < -0.4 is 5.32 Å². The number of nitrogens with one attached hydrogen (secondary N) is 1. The molecule has 1 saturated carbocycles. The molecule has 1 spiro atoms. The third-order valence-electron chi connectivity index (χ3n) is 3.85. The predicted octanol–water partition coefficient (Wildman–Crippen LogP) is 1.80. The molecule has 0 aromatic heterocycles. The molecular formula is C11H21NO. The van der Waals surface area contributed by atoms with Crippen molar-refractivity contribution in [3.8, 4) is 0 Å². The number of hydrogen-bond acceptors (Lipinski definition) is 2. The molecule has 13 heavy (non-hydrogen) atoms. The number of rotatable bonds is 0. The Hall–Kier alpha value is -0.0800. The second kappa shape index (κ2) is 3.58. The van der Waals surface area contributed by atoms with Crippen LogP contribution in [-0.4, -0.2) is 25.3 Å². The van der Waals surface area contributed by atoms with E-state index < -0.39 is 0 Å². The van der Waals surface area contributed by atoms with Gasteiger partial charge >= 0.3 is 0 Å². The Morgan fingerprint density at radius 2 is 2.15 bits per heavy atom. The molecule has 0 aromatic rings. The Labute approximate surface area is 81.0 Å². The molecule has 0 bridgehead atoms. The minimum Gasteiger partial charge on any atom is -0.372 e. The molecule has 0 amide bonds. The predicted molar refractivity (Wildman–Crippen MR) is 53.7 cm³/mol. The Morgan fingerprint density at radius 3 is 2.77 bits per heavy atom. The van der Waals surface area contributed by atoms with Gasteiger partial charge in [-0.2, -0.15) is 0 Å². The zero-order chi connectivity index (χ0) is 9.31. The topological polar surface area (TPSA) is 21.3 Å². The van der Waals surface area contributed by atoms with Crippen molar-refractivity contribution in [3.05, 3.63) is 0 Å². The summed E-state index contributed by atoms with van der Waals surface area (Å²) in [4.78, 5) is 0. The van der Waals surface area contributed by atoms with Crippen LogP contribution in [0.15, 0.2) is 0 Å². The van der Waals surface area contributed by atoms with Gasteiger partial charge < -0.3 is 10.1 Å². The first-order chi connectivity index (χ1) is 6.22. The van der Waals surface area contributed by atoms with Crippen molar-refractivity contribution in [1.82, 2.24) is 5.32 Å². The van der Waals surface area contributed by atoms with Crippen molar-refractivity contribution in [3.63, 3.8) is 0 Å². The van der Waals surface area contributed by atoms with Gasteiger partial charge in [0.1, 0.15) is 0 Å². The summed E-state index contributed by atoms with van der Waals surface area (Å²) < 4.78 is 5.96. The van der Waals surface area contributed by atoms with Crippen LogP contribution >= 0.6 is 0 Å². The van der Waals surface area contributed by atoms with E-state index in [0.717, 1.165) is 31.5 Å². The molecule has 2 nitrogen and oxygen atoms in total. The number of hydrogen-bond donors (Lipinski definition) is 1. The molecule has 2 rings (SSSR count). The fourth-order valence-electron chi connectivity index (χ4n) is 2.66. The molecule has 1 heterocycles. The monoisotopic (exact) mass is 183 g/mol. The van der Waals surface area contributed by atoms with E-state index in [9.17, 15) is 0 Å². The fourth-order valence-corrected chi connectivity index (χ4v) is 2.66. The molecule has 1 aliphatic heterocycles. The second-order valence-corrected chi connectivity index (χ2v) is 4.91. The summed E-state index contributed by atoms with van der Waals surface area (Å²) in [5.74, 6) is 1.71. The lowest BCUT2D eigenvalue weighted by Crippen LogP contribution is -2.52. The molecule has 1 saturated heterocycles. The molecular weight excluding hydrogens is 162 g/mol. The van der Waals surface area contributed by atoms with Crippen molar-refractivity contribution in [2.24, 2.45) is 11.8 Å². The zero-order valence-corrected chi connectivity index (χ0v) is 8.81. The highest BCUT2D eigenvalue weighted by Gasteiger charge is 2.39. The van der Waals surface area contributed by atoms with E-state index in [2.05, 4.69) is 19.2 Å². The molecule has 2 fully saturated rings. The third-order valence-corrected chi connectivity index (χ3v) is 3.85. The van der Waals surface area contributed by atoms with Crippen LogP contribution in [0.1, 0.15) is 33.1 Å². The van der Waals surface area contributed by atoms with E-state index in [0.29, 0.717) is 0 Å². The summed E-state index contributed by atoms with van der Waals surface area (Å²) >= 11 is 0. The molecule has 0 aromatic carbocycles. The Balaban J connectivity index is 1.99. The molecule has 3 atom stereocenters. The highest BCUT2D eigenvalue weighted by Crippen LogP contribution is 2.38. The molecule has 3 unspecified atom stereocenters. The maximum atomic E-state index is 5.96. The van der Waals surface area contributed by atoms with Gasteiger partial charge in [0, 0.05) is 13.1 Å². The Bertz CT molecular complexity index is 175. The highest BCUT2D eigenvalue weighted by molar-refractivity contribution is 4.92. The van der Waals surface area contributed by atoms with Gasteiger partial charge in [-0.1, -0.05) is 13.8 Å². The van der Waals surface area contributed by atoms with Crippen LogP contribution in [0.3, 0.4) is 0 Å². The maximum absolute atomic E-state index is 5.96. The Kier molecular flexibility index (Phi) is 2.61. The molecule has 2 aliphatic rings. The molecule has 0 radical (unpaired) electrons. The Morgan fingerprint density at radius 1 is 1.31 bits per heavy atom. The smallest absolute Gasteiger partial charge is 0.0809 e. The summed E-state index contributed by atoms with van der Waals surface area (Å²) in [5, 5.41) is 3.46. The van der Waals surface area contributed by atoms with Gasteiger partial charge in [0.25, 0.3) is 0 Å². The van der Waals surface area contributed by atoms with Gasteiger partial charge in [0.15, 0.2) is 0 Å².